The maximum atomic E-state index is 12.9. The molecule has 2 aromatic heterocycles. The predicted octanol–water partition coefficient (Wildman–Crippen LogP) is 5.45. The molecule has 0 bridgehead atoms. The average Bonchev–Trinajstić information content (AvgIpc) is 3.31. The highest BCUT2D eigenvalue weighted by Gasteiger charge is 2.13. The van der Waals surface area contributed by atoms with Crippen LogP contribution in [0.1, 0.15) is 37.8 Å². The van der Waals surface area contributed by atoms with Crippen LogP contribution in [0.3, 0.4) is 0 Å². The summed E-state index contributed by atoms with van der Waals surface area (Å²) in [6, 6.07) is 18.1. The van der Waals surface area contributed by atoms with Crippen LogP contribution in [0.2, 0.25) is 0 Å². The highest BCUT2D eigenvalue weighted by molar-refractivity contribution is 7.98. The number of nitrogens with zero attached hydrogens (tertiary/aromatic N) is 3. The lowest BCUT2D eigenvalue weighted by Gasteiger charge is -2.13. The first-order valence-corrected chi connectivity index (χ1v) is 15.7. The number of aromatic nitrogens is 3. The van der Waals surface area contributed by atoms with Crippen LogP contribution < -0.4 is 15.3 Å². The summed E-state index contributed by atoms with van der Waals surface area (Å²) in [5.41, 5.74) is 5.32. The maximum Gasteiger partial charge on any atom is 0.165 e. The Bertz CT molecular complexity index is 1380. The Balaban J connectivity index is 0.00000176. The average molecular weight is 524 g/mol. The molecule has 0 fully saturated rings. The number of anilines is 1. The second-order valence-corrected chi connectivity index (χ2v) is 11.6. The van der Waals surface area contributed by atoms with Crippen LogP contribution in [0.5, 0.6) is 0 Å². The molecule has 0 amide bonds. The molecule has 8 heteroatoms. The molecule has 36 heavy (non-hydrogen) atoms. The number of fused-ring (bicyclic) bond motifs is 1. The molecule has 2 N–H and O–H groups in total. The van der Waals surface area contributed by atoms with Crippen LogP contribution in [0.25, 0.3) is 16.9 Å². The third kappa shape index (κ3) is 6.73. The van der Waals surface area contributed by atoms with Gasteiger partial charge < -0.3 is 5.32 Å². The minimum absolute atomic E-state index is 0.625. The molecule has 0 aliphatic carbocycles. The maximum absolute atomic E-state index is 12.9. The lowest BCUT2D eigenvalue weighted by Crippen LogP contribution is -2.25. The van der Waals surface area contributed by atoms with E-state index in [-0.39, 0.29) is 0 Å². The van der Waals surface area contributed by atoms with E-state index in [2.05, 4.69) is 52.8 Å². The fraction of sp³-hybridized carbons (Fsp3) is 0.321. The molecule has 4 rings (SSSR count). The normalized spacial score (nSPS) is 12.9. The van der Waals surface area contributed by atoms with Crippen molar-refractivity contribution in [3.05, 3.63) is 71.9 Å². The topological polar surface area (TPSA) is 71.3 Å². The fourth-order valence-corrected chi connectivity index (χ4v) is 5.60. The number of rotatable bonds is 10. The number of hydrogen-bond donors (Lipinski definition) is 2. The summed E-state index contributed by atoms with van der Waals surface area (Å²) in [7, 11) is -1.85. The Morgan fingerprint density at radius 1 is 1.03 bits per heavy atom. The molecule has 2 aromatic carbocycles. The van der Waals surface area contributed by atoms with Crippen LogP contribution in [-0.2, 0) is 9.71 Å². The quantitative estimate of drug-likeness (QED) is 0.165. The zero-order valence-electron chi connectivity index (χ0n) is 22.0. The van der Waals surface area contributed by atoms with Gasteiger partial charge in [-0.25, -0.2) is 13.9 Å². The molecule has 2 atom stereocenters. The molecule has 4 aromatic rings. The SMILES string of the molecule is C=S(=O)(NCCCCNc1cc(-c2ccccc2C)nc2c(PC)cnn12)c1ccc(C)cc1.CC. The van der Waals surface area contributed by atoms with Gasteiger partial charge in [0.05, 0.1) is 21.6 Å². The van der Waals surface area contributed by atoms with Gasteiger partial charge in [-0.3, -0.25) is 0 Å². The Labute approximate surface area is 217 Å². The summed E-state index contributed by atoms with van der Waals surface area (Å²) >= 11 is 0. The van der Waals surface area contributed by atoms with Crippen LogP contribution in [0.4, 0.5) is 5.82 Å². The van der Waals surface area contributed by atoms with Gasteiger partial charge in [0.2, 0.25) is 0 Å². The molecule has 0 aliphatic heterocycles. The van der Waals surface area contributed by atoms with Crippen molar-refractivity contribution in [2.24, 2.45) is 0 Å². The second kappa shape index (κ2) is 13.0. The molecule has 0 aliphatic rings. The van der Waals surface area contributed by atoms with Crippen LogP contribution in [0.15, 0.2) is 65.7 Å². The van der Waals surface area contributed by atoms with E-state index in [0.29, 0.717) is 15.1 Å². The van der Waals surface area contributed by atoms with Crippen LogP contribution in [0, 0.1) is 13.8 Å². The van der Waals surface area contributed by atoms with Crippen molar-refractivity contribution >= 4 is 40.9 Å². The molecule has 192 valence electrons. The fourth-order valence-electron chi connectivity index (χ4n) is 3.81. The predicted molar refractivity (Wildman–Crippen MR) is 159 cm³/mol. The summed E-state index contributed by atoms with van der Waals surface area (Å²) in [6.07, 6.45) is 3.71. The first-order valence-electron chi connectivity index (χ1n) is 12.4. The Morgan fingerprint density at radius 3 is 2.42 bits per heavy atom. The minimum Gasteiger partial charge on any atom is -0.370 e. The van der Waals surface area contributed by atoms with Crippen LogP contribution >= 0.6 is 8.58 Å². The zero-order chi connectivity index (χ0) is 26.1. The lowest BCUT2D eigenvalue weighted by atomic mass is 10.1. The molecule has 0 radical (unpaired) electrons. The van der Waals surface area contributed by atoms with Crippen molar-refractivity contribution in [1.82, 2.24) is 19.3 Å². The lowest BCUT2D eigenvalue weighted by molar-refractivity contribution is 0.661. The van der Waals surface area contributed by atoms with Gasteiger partial charge in [0.15, 0.2) is 5.65 Å². The molecule has 0 saturated carbocycles. The van der Waals surface area contributed by atoms with E-state index in [1.807, 2.05) is 67.9 Å². The number of aryl methyl sites for hydroxylation is 2. The first kappa shape index (κ1) is 27.9. The van der Waals surface area contributed by atoms with Gasteiger partial charge in [-0.1, -0.05) is 64.4 Å². The third-order valence-electron chi connectivity index (χ3n) is 5.81. The van der Waals surface area contributed by atoms with E-state index in [1.54, 1.807) is 0 Å². The second-order valence-electron chi connectivity index (χ2n) is 8.40. The van der Waals surface area contributed by atoms with Gasteiger partial charge in [-0.15, -0.1) is 0 Å². The number of benzene rings is 2. The van der Waals surface area contributed by atoms with E-state index in [1.165, 1.54) is 5.56 Å². The van der Waals surface area contributed by atoms with Crippen molar-refractivity contribution in [2.45, 2.75) is 45.4 Å². The molecular formula is C28H38N5OPS. The highest BCUT2D eigenvalue weighted by atomic mass is 32.2. The summed E-state index contributed by atoms with van der Waals surface area (Å²) in [4.78, 5) is 5.68. The van der Waals surface area contributed by atoms with Crippen molar-refractivity contribution in [3.8, 4) is 11.3 Å². The van der Waals surface area contributed by atoms with Gasteiger partial charge in [-0.05, 0) is 56.9 Å². The van der Waals surface area contributed by atoms with Gasteiger partial charge in [0.25, 0.3) is 0 Å². The summed E-state index contributed by atoms with van der Waals surface area (Å²) < 4.78 is 17.9. The first-order chi connectivity index (χ1) is 17.4. The van der Waals surface area contributed by atoms with Crippen molar-refractivity contribution < 1.29 is 4.21 Å². The minimum atomic E-state index is -2.48. The monoisotopic (exact) mass is 523 g/mol. The standard InChI is InChI=1S/C26H32N5OPS.C2H6/c1-19-11-13-21(14-12-19)34(4,32)29-16-8-7-15-27-25-17-23(22-10-6-5-9-20(22)2)30-26-24(33-3)18-28-31(25)26;1-2/h5-6,9-14,17-18,27,33H,4,7-8,15-16H2,1-3H3,(H,29,32);1-2H3. The number of hydrogen-bond acceptors (Lipinski definition) is 4. The highest BCUT2D eigenvalue weighted by Crippen LogP contribution is 2.25. The molecule has 0 spiro atoms. The van der Waals surface area contributed by atoms with Gasteiger partial charge in [0, 0.05) is 34.9 Å². The Morgan fingerprint density at radius 2 is 1.72 bits per heavy atom. The molecule has 2 heterocycles. The van der Waals surface area contributed by atoms with Gasteiger partial charge in [0.1, 0.15) is 5.82 Å². The molecule has 6 nitrogen and oxygen atoms in total. The smallest absolute Gasteiger partial charge is 0.165 e. The largest absolute Gasteiger partial charge is 0.370 e. The summed E-state index contributed by atoms with van der Waals surface area (Å²) in [5.74, 6) is 4.84. The zero-order valence-corrected chi connectivity index (χ0v) is 23.8. The van der Waals surface area contributed by atoms with E-state index in [0.717, 1.165) is 57.9 Å². The third-order valence-corrected chi connectivity index (χ3v) is 8.40. The Hall–Kier alpha value is -2.73. The van der Waals surface area contributed by atoms with Gasteiger partial charge >= 0.3 is 0 Å². The molecular weight excluding hydrogens is 485 g/mol. The van der Waals surface area contributed by atoms with Crippen molar-refractivity contribution in [1.29, 1.82) is 0 Å². The van der Waals surface area contributed by atoms with E-state index in [9.17, 15) is 4.21 Å². The molecule has 2 unspecified atom stereocenters. The van der Waals surface area contributed by atoms with Gasteiger partial charge in [-0.2, -0.15) is 9.61 Å². The van der Waals surface area contributed by atoms with E-state index in [4.69, 9.17) is 4.98 Å². The summed E-state index contributed by atoms with van der Waals surface area (Å²) in [6.45, 7) is 11.7. The summed E-state index contributed by atoms with van der Waals surface area (Å²) in [5, 5.41) is 9.27. The van der Waals surface area contributed by atoms with Crippen molar-refractivity contribution in [3.63, 3.8) is 0 Å². The van der Waals surface area contributed by atoms with Crippen molar-refractivity contribution in [2.75, 3.05) is 25.1 Å². The Kier molecular flexibility index (Phi) is 10.1. The number of nitrogens with one attached hydrogen (secondary N) is 2. The van der Waals surface area contributed by atoms with E-state index >= 15 is 0 Å². The van der Waals surface area contributed by atoms with E-state index < -0.39 is 9.71 Å². The number of unbranched alkanes of at least 4 members (excludes halogenated alkanes) is 1. The molecule has 0 saturated heterocycles. The van der Waals surface area contributed by atoms with Crippen LogP contribution in [-0.4, -0.2) is 44.4 Å².